The first-order chi connectivity index (χ1) is 12.6. The van der Waals surface area contributed by atoms with Crippen molar-refractivity contribution in [1.29, 1.82) is 0 Å². The Bertz CT molecular complexity index is 699. The van der Waals surface area contributed by atoms with E-state index in [2.05, 4.69) is 22.4 Å². The number of nitrogen functional groups attached to an aromatic ring is 1. The Labute approximate surface area is 159 Å². The van der Waals surface area contributed by atoms with Gasteiger partial charge >= 0.3 is 0 Å². The molecule has 6 heteroatoms. The number of nitrogens with zero attached hydrogens (tertiary/aromatic N) is 2. The van der Waals surface area contributed by atoms with Crippen LogP contribution in [0, 0.1) is 0 Å². The van der Waals surface area contributed by atoms with Gasteiger partial charge in [-0.25, -0.2) is 0 Å². The summed E-state index contributed by atoms with van der Waals surface area (Å²) in [6.45, 7) is 4.03. The van der Waals surface area contributed by atoms with Gasteiger partial charge in [-0.2, -0.15) is 0 Å². The molecule has 1 fully saturated rings. The largest absolute Gasteiger partial charge is 0.399 e. The number of amides is 1. The van der Waals surface area contributed by atoms with E-state index < -0.39 is 0 Å². The van der Waals surface area contributed by atoms with Gasteiger partial charge in [0, 0.05) is 43.7 Å². The van der Waals surface area contributed by atoms with Crippen molar-refractivity contribution in [2.45, 2.75) is 18.9 Å². The van der Waals surface area contributed by atoms with Gasteiger partial charge in [0.05, 0.1) is 19.3 Å². The fourth-order valence-corrected chi connectivity index (χ4v) is 4.16. The third-order valence-corrected chi connectivity index (χ3v) is 5.87. The van der Waals surface area contributed by atoms with E-state index in [9.17, 15) is 4.79 Å². The Morgan fingerprint density at radius 2 is 2.04 bits per heavy atom. The normalized spacial score (nSPS) is 16.3. The number of carbonyl (C=O) groups is 1. The van der Waals surface area contributed by atoms with Gasteiger partial charge < -0.3 is 15.4 Å². The van der Waals surface area contributed by atoms with Crippen LogP contribution in [0.4, 0.5) is 5.69 Å². The van der Waals surface area contributed by atoms with Crippen LogP contribution in [0.3, 0.4) is 0 Å². The second-order valence-corrected chi connectivity index (χ2v) is 7.63. The molecule has 1 atom stereocenters. The lowest BCUT2D eigenvalue weighted by Crippen LogP contribution is -2.44. The summed E-state index contributed by atoms with van der Waals surface area (Å²) in [4.78, 5) is 18.3. The van der Waals surface area contributed by atoms with Crippen LogP contribution in [0.2, 0.25) is 0 Å². The third-order valence-electron chi connectivity index (χ3n) is 4.89. The van der Waals surface area contributed by atoms with Gasteiger partial charge in [0.15, 0.2) is 0 Å². The van der Waals surface area contributed by atoms with Gasteiger partial charge in [0.25, 0.3) is 0 Å². The van der Waals surface area contributed by atoms with Gasteiger partial charge in [-0.05, 0) is 29.5 Å². The van der Waals surface area contributed by atoms with Gasteiger partial charge in [0.1, 0.15) is 0 Å². The first-order valence-electron chi connectivity index (χ1n) is 9.07. The van der Waals surface area contributed by atoms with E-state index in [0.717, 1.165) is 37.6 Å². The number of morpholine rings is 1. The highest BCUT2D eigenvalue weighted by Crippen LogP contribution is 2.27. The van der Waals surface area contributed by atoms with Gasteiger partial charge in [0.2, 0.25) is 5.91 Å². The van der Waals surface area contributed by atoms with E-state index in [4.69, 9.17) is 10.5 Å². The van der Waals surface area contributed by atoms with E-state index in [1.54, 1.807) is 11.3 Å². The van der Waals surface area contributed by atoms with Crippen LogP contribution in [-0.2, 0) is 16.0 Å². The number of thiophene rings is 1. The maximum Gasteiger partial charge on any atom is 0.222 e. The average molecular weight is 374 g/mol. The Kier molecular flexibility index (Phi) is 6.66. The average Bonchev–Trinajstić information content (AvgIpc) is 3.20. The van der Waals surface area contributed by atoms with Crippen molar-refractivity contribution in [2.24, 2.45) is 0 Å². The highest BCUT2D eigenvalue weighted by atomic mass is 32.1. The molecule has 1 aliphatic rings. The molecule has 1 unspecified atom stereocenters. The van der Waals surface area contributed by atoms with Crippen LogP contribution in [0.25, 0.3) is 0 Å². The lowest BCUT2D eigenvalue weighted by atomic mass is 10.1. The molecule has 1 aliphatic heterocycles. The standard InChI is InChI=1S/C20H27N3O2S/c1-22(20(24)9-8-16-5-2-3-6-17(16)21)15-18(19-7-4-14-26-19)23-10-12-25-13-11-23/h2-7,14,18H,8-13,15,21H2,1H3. The number of benzene rings is 1. The number of aryl methyl sites for hydroxylation is 1. The number of para-hydroxylation sites is 1. The second-order valence-electron chi connectivity index (χ2n) is 6.65. The minimum atomic E-state index is 0.156. The summed E-state index contributed by atoms with van der Waals surface area (Å²) < 4.78 is 5.49. The number of likely N-dealkylation sites (N-methyl/N-ethyl adjacent to an activating group) is 1. The number of ether oxygens (including phenoxy) is 1. The van der Waals surface area contributed by atoms with Crippen LogP contribution in [0.15, 0.2) is 41.8 Å². The predicted molar refractivity (Wildman–Crippen MR) is 106 cm³/mol. The molecule has 1 aromatic heterocycles. The molecule has 2 aromatic rings. The van der Waals surface area contributed by atoms with E-state index in [-0.39, 0.29) is 11.9 Å². The molecule has 0 bridgehead atoms. The summed E-state index contributed by atoms with van der Waals surface area (Å²) >= 11 is 1.75. The van der Waals surface area contributed by atoms with Crippen molar-refractivity contribution >= 4 is 22.9 Å². The molecule has 2 heterocycles. The zero-order valence-electron chi connectivity index (χ0n) is 15.3. The van der Waals surface area contributed by atoms with E-state index in [1.165, 1.54) is 4.88 Å². The summed E-state index contributed by atoms with van der Waals surface area (Å²) in [6.07, 6.45) is 1.15. The van der Waals surface area contributed by atoms with Crippen LogP contribution in [0.5, 0.6) is 0 Å². The Morgan fingerprint density at radius 3 is 2.73 bits per heavy atom. The number of anilines is 1. The minimum Gasteiger partial charge on any atom is -0.399 e. The first kappa shape index (κ1) is 18.9. The highest BCUT2D eigenvalue weighted by molar-refractivity contribution is 7.10. The van der Waals surface area contributed by atoms with Gasteiger partial charge in [-0.3, -0.25) is 9.69 Å². The van der Waals surface area contributed by atoms with Gasteiger partial charge in [-0.1, -0.05) is 24.3 Å². The van der Waals surface area contributed by atoms with Crippen LogP contribution in [0.1, 0.15) is 22.9 Å². The van der Waals surface area contributed by atoms with E-state index in [0.29, 0.717) is 19.4 Å². The van der Waals surface area contributed by atoms with Crippen molar-refractivity contribution < 1.29 is 9.53 Å². The van der Waals surface area contributed by atoms with Crippen LogP contribution < -0.4 is 5.73 Å². The highest BCUT2D eigenvalue weighted by Gasteiger charge is 2.26. The second kappa shape index (κ2) is 9.16. The molecular weight excluding hydrogens is 346 g/mol. The van der Waals surface area contributed by atoms with Crippen molar-refractivity contribution in [1.82, 2.24) is 9.80 Å². The molecule has 26 heavy (non-hydrogen) atoms. The third kappa shape index (κ3) is 4.84. The zero-order chi connectivity index (χ0) is 18.4. The Balaban J connectivity index is 1.60. The van der Waals surface area contributed by atoms with Crippen LogP contribution >= 0.6 is 11.3 Å². The maximum atomic E-state index is 12.7. The zero-order valence-corrected chi connectivity index (χ0v) is 16.1. The monoisotopic (exact) mass is 373 g/mol. The number of carbonyl (C=O) groups excluding carboxylic acids is 1. The maximum absolute atomic E-state index is 12.7. The quantitative estimate of drug-likeness (QED) is 0.758. The molecule has 3 rings (SSSR count). The van der Waals surface area contributed by atoms with Gasteiger partial charge in [-0.15, -0.1) is 11.3 Å². The summed E-state index contributed by atoms with van der Waals surface area (Å²) in [5.74, 6) is 0.156. The molecule has 1 amide bonds. The number of hydrogen-bond acceptors (Lipinski definition) is 5. The number of hydrogen-bond donors (Lipinski definition) is 1. The molecular formula is C20H27N3O2S. The summed E-state index contributed by atoms with van der Waals surface area (Å²) in [5.41, 5.74) is 7.78. The predicted octanol–water partition coefficient (Wildman–Crippen LogP) is 2.79. The number of nitrogens with two attached hydrogens (primary N) is 1. The molecule has 5 nitrogen and oxygen atoms in total. The lowest BCUT2D eigenvalue weighted by Gasteiger charge is -2.36. The molecule has 140 valence electrons. The smallest absolute Gasteiger partial charge is 0.222 e. The summed E-state index contributed by atoms with van der Waals surface area (Å²) in [5, 5.41) is 2.10. The molecule has 0 radical (unpaired) electrons. The SMILES string of the molecule is CN(CC(c1cccs1)N1CCOCC1)C(=O)CCc1ccccc1N. The van der Waals surface area contributed by atoms with Crippen molar-refractivity contribution in [3.63, 3.8) is 0 Å². The van der Waals surface area contributed by atoms with Crippen molar-refractivity contribution in [2.75, 3.05) is 45.6 Å². The molecule has 0 spiro atoms. The molecule has 2 N–H and O–H groups in total. The molecule has 1 aromatic carbocycles. The molecule has 0 aliphatic carbocycles. The van der Waals surface area contributed by atoms with Crippen molar-refractivity contribution in [3.05, 3.63) is 52.2 Å². The molecule has 1 saturated heterocycles. The topological polar surface area (TPSA) is 58.8 Å². The van der Waals surface area contributed by atoms with Crippen molar-refractivity contribution in [3.8, 4) is 0 Å². The number of rotatable bonds is 7. The molecule has 0 saturated carbocycles. The van der Waals surface area contributed by atoms with E-state index in [1.807, 2.05) is 36.2 Å². The van der Waals surface area contributed by atoms with Crippen LogP contribution in [-0.4, -0.2) is 55.6 Å². The minimum absolute atomic E-state index is 0.156. The summed E-state index contributed by atoms with van der Waals surface area (Å²) in [7, 11) is 1.90. The van der Waals surface area contributed by atoms with E-state index >= 15 is 0 Å². The Hall–Kier alpha value is -1.89. The lowest BCUT2D eigenvalue weighted by molar-refractivity contribution is -0.130. The Morgan fingerprint density at radius 1 is 1.27 bits per heavy atom. The fourth-order valence-electron chi connectivity index (χ4n) is 3.31. The summed E-state index contributed by atoms with van der Waals surface area (Å²) in [6, 6.07) is 12.2. The first-order valence-corrected chi connectivity index (χ1v) is 9.95. The fraction of sp³-hybridized carbons (Fsp3) is 0.450.